The molecule has 0 aliphatic rings. The van der Waals surface area contributed by atoms with E-state index in [1.54, 1.807) is 19.9 Å². The van der Waals surface area contributed by atoms with Crippen molar-refractivity contribution in [2.75, 3.05) is 0 Å². The van der Waals surface area contributed by atoms with Crippen LogP contribution in [0, 0.1) is 0 Å². The van der Waals surface area contributed by atoms with Gasteiger partial charge >= 0.3 is 0 Å². The Labute approximate surface area is 99.5 Å². The summed E-state index contributed by atoms with van der Waals surface area (Å²) in [4.78, 5) is 0.921. The van der Waals surface area contributed by atoms with E-state index in [-0.39, 0.29) is 6.04 Å². The summed E-state index contributed by atoms with van der Waals surface area (Å²) in [5.74, 6) is 0. The monoisotopic (exact) mass is 267 g/mol. The summed E-state index contributed by atoms with van der Waals surface area (Å²) in [6, 6.07) is 3.37. The molecule has 0 aromatic carbocycles. The summed E-state index contributed by atoms with van der Waals surface area (Å²) in [6.45, 7) is 5.11. The zero-order valence-corrected chi connectivity index (χ0v) is 11.2. The Bertz CT molecular complexity index is 425. The van der Waals surface area contributed by atoms with Gasteiger partial charge in [0.25, 0.3) is 0 Å². The first-order valence-electron chi connectivity index (χ1n) is 4.59. The van der Waals surface area contributed by atoms with E-state index in [2.05, 4.69) is 4.72 Å². The van der Waals surface area contributed by atoms with Crippen molar-refractivity contribution in [1.82, 2.24) is 4.72 Å². The lowest BCUT2D eigenvalue weighted by molar-refractivity contribution is 0.559. The van der Waals surface area contributed by atoms with Crippen LogP contribution in [0.2, 0.25) is 4.34 Å². The molecule has 1 N–H and O–H groups in total. The molecule has 1 rings (SSSR count). The Balaban J connectivity index is 2.76. The second-order valence-electron chi connectivity index (χ2n) is 3.58. The molecule has 1 aromatic heterocycles. The number of rotatable bonds is 4. The normalized spacial score (nSPS) is 14.5. The summed E-state index contributed by atoms with van der Waals surface area (Å²) < 4.78 is 26.4. The highest BCUT2D eigenvalue weighted by atomic mass is 35.5. The molecule has 86 valence electrons. The van der Waals surface area contributed by atoms with Crippen molar-refractivity contribution in [3.63, 3.8) is 0 Å². The van der Waals surface area contributed by atoms with Crippen molar-refractivity contribution in [2.24, 2.45) is 0 Å². The van der Waals surface area contributed by atoms with E-state index in [1.807, 2.05) is 13.0 Å². The first-order valence-corrected chi connectivity index (χ1v) is 7.33. The van der Waals surface area contributed by atoms with Crippen LogP contribution in [0.3, 0.4) is 0 Å². The van der Waals surface area contributed by atoms with E-state index < -0.39 is 15.3 Å². The Morgan fingerprint density at radius 3 is 2.33 bits per heavy atom. The molecule has 0 aliphatic heterocycles. The largest absolute Gasteiger partial charge is 0.214 e. The maximum atomic E-state index is 11.6. The predicted octanol–water partition coefficient (Wildman–Crippen LogP) is 2.79. The van der Waals surface area contributed by atoms with Crippen molar-refractivity contribution in [1.29, 1.82) is 0 Å². The SMILES string of the molecule is CC(NS(=O)(=O)C(C)C)c1ccc(Cl)s1. The van der Waals surface area contributed by atoms with Crippen LogP contribution in [0.5, 0.6) is 0 Å². The van der Waals surface area contributed by atoms with Gasteiger partial charge in [0.1, 0.15) is 0 Å². The van der Waals surface area contributed by atoms with Crippen molar-refractivity contribution in [3.8, 4) is 0 Å². The van der Waals surface area contributed by atoms with Crippen LogP contribution in [0.15, 0.2) is 12.1 Å². The average molecular weight is 268 g/mol. The van der Waals surface area contributed by atoms with Crippen LogP contribution in [0.1, 0.15) is 31.7 Å². The third-order valence-corrected chi connectivity index (χ3v) is 5.32. The number of sulfonamides is 1. The van der Waals surface area contributed by atoms with E-state index in [4.69, 9.17) is 11.6 Å². The number of halogens is 1. The lowest BCUT2D eigenvalue weighted by Crippen LogP contribution is -2.32. The molecule has 0 radical (unpaired) electrons. The van der Waals surface area contributed by atoms with Crippen LogP contribution in [0.4, 0.5) is 0 Å². The molecule has 0 bridgehead atoms. The topological polar surface area (TPSA) is 46.2 Å². The molecule has 1 atom stereocenters. The molecule has 0 saturated heterocycles. The zero-order chi connectivity index (χ0) is 11.6. The molecule has 6 heteroatoms. The Morgan fingerprint density at radius 1 is 1.33 bits per heavy atom. The van der Waals surface area contributed by atoms with Gasteiger partial charge in [0.05, 0.1) is 15.6 Å². The average Bonchev–Trinajstić information content (AvgIpc) is 2.50. The van der Waals surface area contributed by atoms with E-state index in [0.29, 0.717) is 4.34 Å². The lowest BCUT2D eigenvalue weighted by Gasteiger charge is -2.14. The van der Waals surface area contributed by atoms with E-state index in [1.165, 1.54) is 11.3 Å². The summed E-state index contributed by atoms with van der Waals surface area (Å²) >= 11 is 7.17. The van der Waals surface area contributed by atoms with Gasteiger partial charge in [0, 0.05) is 4.88 Å². The van der Waals surface area contributed by atoms with Crippen molar-refractivity contribution in [2.45, 2.75) is 32.1 Å². The second-order valence-corrected chi connectivity index (χ2v) is 7.59. The molecule has 1 unspecified atom stereocenters. The van der Waals surface area contributed by atoms with Crippen LogP contribution < -0.4 is 4.72 Å². The fourth-order valence-electron chi connectivity index (χ4n) is 1.00. The smallest absolute Gasteiger partial charge is 0.212 e. The Kier molecular flexibility index (Phi) is 4.17. The quantitative estimate of drug-likeness (QED) is 0.912. The highest BCUT2D eigenvalue weighted by Crippen LogP contribution is 2.27. The predicted molar refractivity (Wildman–Crippen MR) is 64.9 cm³/mol. The molecule has 0 aliphatic carbocycles. The standard InChI is InChI=1S/C9H14ClNO2S2/c1-6(2)15(12,13)11-7(3)8-4-5-9(10)14-8/h4-7,11H,1-3H3. The third-order valence-electron chi connectivity index (χ3n) is 1.98. The first-order chi connectivity index (χ1) is 6.83. The number of hydrogen-bond acceptors (Lipinski definition) is 3. The maximum Gasteiger partial charge on any atom is 0.214 e. The fourth-order valence-corrected chi connectivity index (χ4v) is 3.03. The molecule has 0 fully saturated rings. The van der Waals surface area contributed by atoms with Gasteiger partial charge in [-0.05, 0) is 32.9 Å². The molecular formula is C9H14ClNO2S2. The molecule has 15 heavy (non-hydrogen) atoms. The highest BCUT2D eigenvalue weighted by Gasteiger charge is 2.20. The van der Waals surface area contributed by atoms with Gasteiger partial charge in [-0.3, -0.25) is 0 Å². The maximum absolute atomic E-state index is 11.6. The number of nitrogens with one attached hydrogen (secondary N) is 1. The van der Waals surface area contributed by atoms with Crippen molar-refractivity contribution < 1.29 is 8.42 Å². The van der Waals surface area contributed by atoms with Gasteiger partial charge in [0.15, 0.2) is 0 Å². The summed E-state index contributed by atoms with van der Waals surface area (Å²) in [6.07, 6.45) is 0. The number of hydrogen-bond donors (Lipinski definition) is 1. The van der Waals surface area contributed by atoms with Crippen LogP contribution in [-0.4, -0.2) is 13.7 Å². The van der Waals surface area contributed by atoms with Gasteiger partial charge in [-0.1, -0.05) is 11.6 Å². The molecule has 1 aromatic rings. The number of thiophene rings is 1. The Morgan fingerprint density at radius 2 is 1.93 bits per heavy atom. The summed E-state index contributed by atoms with van der Waals surface area (Å²) in [5.41, 5.74) is 0. The fraction of sp³-hybridized carbons (Fsp3) is 0.556. The zero-order valence-electron chi connectivity index (χ0n) is 8.82. The van der Waals surface area contributed by atoms with Crippen LogP contribution in [0.25, 0.3) is 0 Å². The van der Waals surface area contributed by atoms with Crippen molar-refractivity contribution >= 4 is 33.0 Å². The van der Waals surface area contributed by atoms with Crippen LogP contribution >= 0.6 is 22.9 Å². The van der Waals surface area contributed by atoms with Gasteiger partial charge in [-0.2, -0.15) is 0 Å². The van der Waals surface area contributed by atoms with Gasteiger partial charge in [0.2, 0.25) is 10.0 Å². The van der Waals surface area contributed by atoms with E-state index in [9.17, 15) is 8.42 Å². The lowest BCUT2D eigenvalue weighted by atomic mass is 10.3. The summed E-state index contributed by atoms with van der Waals surface area (Å²) in [7, 11) is -3.22. The second kappa shape index (κ2) is 4.82. The Hall–Kier alpha value is -0.100. The molecule has 0 amide bonds. The van der Waals surface area contributed by atoms with Crippen LogP contribution in [-0.2, 0) is 10.0 Å². The van der Waals surface area contributed by atoms with Gasteiger partial charge in [-0.15, -0.1) is 11.3 Å². The van der Waals surface area contributed by atoms with Gasteiger partial charge < -0.3 is 0 Å². The molecule has 3 nitrogen and oxygen atoms in total. The molecule has 1 heterocycles. The minimum atomic E-state index is -3.22. The first kappa shape index (κ1) is 13.0. The van der Waals surface area contributed by atoms with Gasteiger partial charge in [-0.25, -0.2) is 13.1 Å². The molecular weight excluding hydrogens is 254 g/mol. The minimum absolute atomic E-state index is 0.227. The molecule has 0 saturated carbocycles. The third kappa shape index (κ3) is 3.45. The minimum Gasteiger partial charge on any atom is -0.212 e. The summed E-state index contributed by atoms with van der Waals surface area (Å²) in [5, 5.41) is -0.421. The highest BCUT2D eigenvalue weighted by molar-refractivity contribution is 7.90. The molecule has 0 spiro atoms. The van der Waals surface area contributed by atoms with E-state index >= 15 is 0 Å². The van der Waals surface area contributed by atoms with Crippen molar-refractivity contribution in [3.05, 3.63) is 21.3 Å². The van der Waals surface area contributed by atoms with E-state index in [0.717, 1.165) is 4.88 Å².